The number of ether oxygens (including phenoxy) is 1. The molecule has 0 bridgehead atoms. The lowest BCUT2D eigenvalue weighted by molar-refractivity contribution is -0.121. The van der Waals surface area contributed by atoms with Gasteiger partial charge in [-0.1, -0.05) is 6.07 Å². The van der Waals surface area contributed by atoms with Crippen molar-refractivity contribution in [3.8, 4) is 5.75 Å². The molecule has 0 aromatic heterocycles. The molecule has 1 rings (SSSR count). The van der Waals surface area contributed by atoms with E-state index in [0.29, 0.717) is 18.3 Å². The Kier molecular flexibility index (Phi) is 7.48. The number of hydrogen-bond donors (Lipinski definition) is 3. The van der Waals surface area contributed by atoms with E-state index >= 15 is 0 Å². The van der Waals surface area contributed by atoms with Gasteiger partial charge in [0, 0.05) is 18.7 Å². The van der Waals surface area contributed by atoms with E-state index in [2.05, 4.69) is 20.9 Å². The van der Waals surface area contributed by atoms with Gasteiger partial charge >= 0.3 is 0 Å². The van der Waals surface area contributed by atoms with Crippen molar-refractivity contribution in [2.24, 2.45) is 4.99 Å². The van der Waals surface area contributed by atoms with Gasteiger partial charge in [-0.25, -0.2) is 4.39 Å². The van der Waals surface area contributed by atoms with Crippen molar-refractivity contribution in [1.29, 1.82) is 0 Å². The number of carbonyl (C=O) groups is 1. The molecule has 1 unspecified atom stereocenters. The van der Waals surface area contributed by atoms with E-state index in [4.69, 9.17) is 4.74 Å². The van der Waals surface area contributed by atoms with Crippen LogP contribution in [0.2, 0.25) is 0 Å². The molecule has 0 radical (unpaired) electrons. The molecule has 0 heterocycles. The largest absolute Gasteiger partial charge is 0.489 e. The number of nitrogens with zero attached hydrogens (tertiary/aromatic N) is 1. The topological polar surface area (TPSA) is 74.8 Å². The predicted octanol–water partition coefficient (Wildman–Crippen LogP) is 1.67. The van der Waals surface area contributed by atoms with Crippen LogP contribution in [0.1, 0.15) is 27.7 Å². The Morgan fingerprint density at radius 3 is 2.62 bits per heavy atom. The van der Waals surface area contributed by atoms with Crippen LogP contribution in [-0.4, -0.2) is 43.6 Å². The molecular weight excluding hydrogens is 311 g/mol. The van der Waals surface area contributed by atoms with E-state index in [0.717, 1.165) is 0 Å². The zero-order chi connectivity index (χ0) is 18.2. The lowest BCUT2D eigenvalue weighted by Gasteiger charge is -2.21. The second kappa shape index (κ2) is 9.10. The first-order valence-electron chi connectivity index (χ1n) is 7.87. The molecule has 1 atom stereocenters. The van der Waals surface area contributed by atoms with Crippen molar-refractivity contribution in [2.45, 2.75) is 39.3 Å². The molecule has 0 fully saturated rings. The number of aliphatic imine (C=N–C) groups is 1. The molecule has 1 amide bonds. The Balaban J connectivity index is 2.37. The maximum atomic E-state index is 13.1. The highest BCUT2D eigenvalue weighted by molar-refractivity contribution is 5.86. The minimum absolute atomic E-state index is 0.116. The van der Waals surface area contributed by atoms with Crippen LogP contribution in [0.15, 0.2) is 29.3 Å². The van der Waals surface area contributed by atoms with Crippen LogP contribution in [0.25, 0.3) is 0 Å². The Bertz CT molecular complexity index is 570. The van der Waals surface area contributed by atoms with E-state index in [1.54, 1.807) is 19.2 Å². The molecule has 1 aromatic rings. The third kappa shape index (κ3) is 8.36. The van der Waals surface area contributed by atoms with Crippen LogP contribution in [0, 0.1) is 5.82 Å². The number of rotatable bonds is 6. The summed E-state index contributed by atoms with van der Waals surface area (Å²) < 4.78 is 18.7. The first kappa shape index (κ1) is 19.7. The lowest BCUT2D eigenvalue weighted by Crippen LogP contribution is -2.49. The van der Waals surface area contributed by atoms with E-state index in [1.807, 2.05) is 27.7 Å². The molecule has 0 aliphatic heterocycles. The molecule has 1 aromatic carbocycles. The summed E-state index contributed by atoms with van der Waals surface area (Å²) in [4.78, 5) is 15.8. The monoisotopic (exact) mass is 338 g/mol. The summed E-state index contributed by atoms with van der Waals surface area (Å²) in [6.45, 7) is 8.20. The number of guanidine groups is 1. The third-order valence-corrected chi connectivity index (χ3v) is 2.84. The molecule has 6 nitrogen and oxygen atoms in total. The Morgan fingerprint density at radius 1 is 1.33 bits per heavy atom. The maximum Gasteiger partial charge on any atom is 0.239 e. The summed E-state index contributed by atoms with van der Waals surface area (Å²) in [6, 6.07) is 5.99. The van der Waals surface area contributed by atoms with Crippen LogP contribution >= 0.6 is 0 Å². The van der Waals surface area contributed by atoms with Gasteiger partial charge in [0.2, 0.25) is 5.91 Å². The lowest BCUT2D eigenvalue weighted by atomic mass is 10.1. The summed E-state index contributed by atoms with van der Waals surface area (Å²) in [5.74, 6) is 0.509. The molecule has 3 N–H and O–H groups in total. The van der Waals surface area contributed by atoms with Crippen LogP contribution in [0.3, 0.4) is 0 Å². The Hall–Kier alpha value is -2.31. The molecule has 0 aliphatic carbocycles. The first-order chi connectivity index (χ1) is 11.2. The fraction of sp³-hybridized carbons (Fsp3) is 0.529. The summed E-state index contributed by atoms with van der Waals surface area (Å²) >= 11 is 0. The van der Waals surface area contributed by atoms with Gasteiger partial charge < -0.3 is 20.7 Å². The van der Waals surface area contributed by atoms with Gasteiger partial charge in [0.1, 0.15) is 17.7 Å². The summed E-state index contributed by atoms with van der Waals surface area (Å²) in [6.07, 6.45) is -0.200. The van der Waals surface area contributed by atoms with Crippen LogP contribution in [0.5, 0.6) is 5.75 Å². The van der Waals surface area contributed by atoms with Crippen molar-refractivity contribution >= 4 is 11.9 Å². The minimum Gasteiger partial charge on any atom is -0.489 e. The van der Waals surface area contributed by atoms with Crippen molar-refractivity contribution in [2.75, 3.05) is 20.1 Å². The molecule has 0 aliphatic rings. The summed E-state index contributed by atoms with van der Waals surface area (Å²) in [5, 5.41) is 8.85. The van der Waals surface area contributed by atoms with Crippen molar-refractivity contribution < 1.29 is 13.9 Å². The van der Waals surface area contributed by atoms with Gasteiger partial charge in [0.25, 0.3) is 0 Å². The van der Waals surface area contributed by atoms with Gasteiger partial charge in [-0.3, -0.25) is 9.79 Å². The average Bonchev–Trinajstić information content (AvgIpc) is 2.45. The highest BCUT2D eigenvalue weighted by Crippen LogP contribution is 2.13. The Labute approximate surface area is 142 Å². The average molecular weight is 338 g/mol. The molecule has 0 spiro atoms. The number of nitrogens with one attached hydrogen (secondary N) is 3. The number of amides is 1. The summed E-state index contributed by atoms with van der Waals surface area (Å²) in [7, 11) is 1.62. The highest BCUT2D eigenvalue weighted by atomic mass is 19.1. The van der Waals surface area contributed by atoms with Gasteiger partial charge in [-0.05, 0) is 39.8 Å². The summed E-state index contributed by atoms with van der Waals surface area (Å²) in [5.41, 5.74) is -0.275. The predicted molar refractivity (Wildman–Crippen MR) is 93.8 cm³/mol. The second-order valence-electron chi connectivity index (χ2n) is 6.49. The second-order valence-corrected chi connectivity index (χ2v) is 6.49. The highest BCUT2D eigenvalue weighted by Gasteiger charge is 2.14. The zero-order valence-electron chi connectivity index (χ0n) is 14.9. The minimum atomic E-state index is -0.338. The van der Waals surface area contributed by atoms with Crippen LogP contribution < -0.4 is 20.7 Å². The van der Waals surface area contributed by atoms with Crippen molar-refractivity contribution in [3.05, 3.63) is 30.1 Å². The fourth-order valence-corrected chi connectivity index (χ4v) is 1.90. The van der Waals surface area contributed by atoms with E-state index in [1.165, 1.54) is 12.1 Å². The van der Waals surface area contributed by atoms with E-state index < -0.39 is 0 Å². The maximum absolute atomic E-state index is 13.1. The first-order valence-corrected chi connectivity index (χ1v) is 7.87. The van der Waals surface area contributed by atoms with Gasteiger partial charge in [-0.15, -0.1) is 0 Å². The van der Waals surface area contributed by atoms with Crippen molar-refractivity contribution in [3.63, 3.8) is 0 Å². The number of carbonyl (C=O) groups excluding carboxylic acids is 1. The molecule has 7 heteroatoms. The van der Waals surface area contributed by atoms with Crippen LogP contribution in [0.4, 0.5) is 4.39 Å². The fourth-order valence-electron chi connectivity index (χ4n) is 1.90. The standard InChI is InChI=1S/C17H27FN4O2/c1-12(24-14-8-6-7-13(18)9-14)10-20-16(19-5)21-11-15(23)22-17(2,3)4/h6-9,12H,10-11H2,1-5H3,(H,22,23)(H2,19,20,21). The molecule has 24 heavy (non-hydrogen) atoms. The van der Waals surface area contributed by atoms with E-state index in [-0.39, 0.29) is 29.9 Å². The molecule has 134 valence electrons. The van der Waals surface area contributed by atoms with Crippen molar-refractivity contribution in [1.82, 2.24) is 16.0 Å². The normalized spacial score (nSPS) is 13.2. The Morgan fingerprint density at radius 2 is 2.04 bits per heavy atom. The molecule has 0 saturated carbocycles. The van der Waals surface area contributed by atoms with Crippen LogP contribution in [-0.2, 0) is 4.79 Å². The molecular formula is C17H27FN4O2. The number of hydrogen-bond acceptors (Lipinski definition) is 3. The third-order valence-electron chi connectivity index (χ3n) is 2.84. The smallest absolute Gasteiger partial charge is 0.239 e. The SMILES string of the molecule is CN=C(NCC(=O)NC(C)(C)C)NCC(C)Oc1cccc(F)c1. The zero-order valence-corrected chi connectivity index (χ0v) is 14.9. The van der Waals surface area contributed by atoms with E-state index in [9.17, 15) is 9.18 Å². The van der Waals surface area contributed by atoms with Gasteiger partial charge in [0.15, 0.2) is 5.96 Å². The molecule has 0 saturated heterocycles. The number of benzene rings is 1. The number of halogens is 1. The quantitative estimate of drug-likeness (QED) is 0.545. The van der Waals surface area contributed by atoms with Gasteiger partial charge in [0.05, 0.1) is 13.1 Å². The van der Waals surface area contributed by atoms with Gasteiger partial charge in [-0.2, -0.15) is 0 Å².